The van der Waals surface area contributed by atoms with Crippen LogP contribution in [0.2, 0.25) is 0 Å². The lowest BCUT2D eigenvalue weighted by Gasteiger charge is -2.18. The summed E-state index contributed by atoms with van der Waals surface area (Å²) >= 11 is 3.38. The van der Waals surface area contributed by atoms with E-state index in [0.29, 0.717) is 0 Å². The molecule has 0 saturated heterocycles. The molecule has 8 nitrogen and oxygen atoms in total. The fourth-order valence-corrected chi connectivity index (χ4v) is 4.25. The standard InChI is InChI=1S/C17H19BrN4O4S/c1-3-21(4-2)27(25,26)14-9-10-16(17(11-14)22(23)24)20-19-12-13-7-5-6-8-15(13)18/h5-12,20H,3-4H2,1-2H3/b19-12-. The minimum absolute atomic E-state index is 0.0989. The van der Waals surface area contributed by atoms with Crippen molar-refractivity contribution in [3.8, 4) is 0 Å². The van der Waals surface area contributed by atoms with Crippen LogP contribution >= 0.6 is 15.9 Å². The Balaban J connectivity index is 2.34. The molecule has 0 heterocycles. The van der Waals surface area contributed by atoms with Crippen molar-refractivity contribution in [2.24, 2.45) is 5.10 Å². The number of rotatable bonds is 8. The van der Waals surface area contributed by atoms with Gasteiger partial charge in [-0.15, -0.1) is 0 Å². The topological polar surface area (TPSA) is 105 Å². The molecule has 0 atom stereocenters. The zero-order chi connectivity index (χ0) is 20.0. The van der Waals surface area contributed by atoms with Crippen molar-refractivity contribution in [1.82, 2.24) is 4.31 Å². The lowest BCUT2D eigenvalue weighted by molar-refractivity contribution is -0.384. The summed E-state index contributed by atoms with van der Waals surface area (Å²) in [6, 6.07) is 11.1. The second kappa shape index (κ2) is 9.07. The molecule has 0 aromatic heterocycles. The molecule has 0 aliphatic rings. The smallest absolute Gasteiger partial charge is 0.272 e. The lowest BCUT2D eigenvalue weighted by Crippen LogP contribution is -2.30. The Bertz CT molecular complexity index is 959. The van der Waals surface area contributed by atoms with Crippen LogP contribution in [0.4, 0.5) is 11.4 Å². The number of nitrogens with zero attached hydrogens (tertiary/aromatic N) is 3. The highest BCUT2D eigenvalue weighted by atomic mass is 79.9. The Morgan fingerprint density at radius 2 is 1.89 bits per heavy atom. The normalized spacial score (nSPS) is 11.9. The number of anilines is 1. The molecule has 1 N–H and O–H groups in total. The maximum atomic E-state index is 12.6. The number of sulfonamides is 1. The first-order chi connectivity index (χ1) is 12.8. The van der Waals surface area contributed by atoms with E-state index in [1.807, 2.05) is 24.3 Å². The first-order valence-electron chi connectivity index (χ1n) is 8.13. The lowest BCUT2D eigenvalue weighted by atomic mass is 10.2. The highest BCUT2D eigenvalue weighted by Gasteiger charge is 2.25. The fraction of sp³-hybridized carbons (Fsp3) is 0.235. The molecule has 0 aliphatic carbocycles. The largest absolute Gasteiger partial charge is 0.295 e. The number of nitro groups is 1. The molecule has 0 spiro atoms. The van der Waals surface area contributed by atoms with Gasteiger partial charge in [0.25, 0.3) is 5.69 Å². The molecule has 27 heavy (non-hydrogen) atoms. The Labute approximate surface area is 166 Å². The first-order valence-corrected chi connectivity index (χ1v) is 10.4. The number of nitro benzene ring substituents is 1. The van der Waals surface area contributed by atoms with Crippen LogP contribution in [0, 0.1) is 10.1 Å². The molecule has 0 fully saturated rings. The van der Waals surface area contributed by atoms with E-state index in [0.717, 1.165) is 16.1 Å². The van der Waals surface area contributed by atoms with E-state index in [2.05, 4.69) is 26.5 Å². The third-order valence-corrected chi connectivity index (χ3v) is 6.57. The molecule has 2 rings (SSSR count). The Morgan fingerprint density at radius 1 is 1.22 bits per heavy atom. The predicted molar refractivity (Wildman–Crippen MR) is 109 cm³/mol. The van der Waals surface area contributed by atoms with Gasteiger partial charge >= 0.3 is 0 Å². The van der Waals surface area contributed by atoms with Gasteiger partial charge in [0.15, 0.2) is 0 Å². The van der Waals surface area contributed by atoms with Crippen molar-refractivity contribution < 1.29 is 13.3 Å². The van der Waals surface area contributed by atoms with Crippen molar-refractivity contribution >= 4 is 43.5 Å². The zero-order valence-electron chi connectivity index (χ0n) is 14.8. The number of hydrogen-bond donors (Lipinski definition) is 1. The minimum Gasteiger partial charge on any atom is -0.272 e. The van der Waals surface area contributed by atoms with Crippen LogP contribution < -0.4 is 5.43 Å². The van der Waals surface area contributed by atoms with E-state index < -0.39 is 14.9 Å². The fourth-order valence-electron chi connectivity index (χ4n) is 2.38. The van der Waals surface area contributed by atoms with Crippen LogP contribution in [0.3, 0.4) is 0 Å². The van der Waals surface area contributed by atoms with Crippen molar-refractivity contribution in [2.75, 3.05) is 18.5 Å². The molecule has 144 valence electrons. The molecule has 0 radical (unpaired) electrons. The molecule has 0 bridgehead atoms. The number of halogens is 1. The summed E-state index contributed by atoms with van der Waals surface area (Å²) in [6.07, 6.45) is 1.51. The van der Waals surface area contributed by atoms with Crippen LogP contribution in [-0.4, -0.2) is 37.0 Å². The van der Waals surface area contributed by atoms with Gasteiger partial charge in [-0.3, -0.25) is 15.5 Å². The molecule has 0 amide bonds. The van der Waals surface area contributed by atoms with Gasteiger partial charge in [-0.05, 0) is 18.2 Å². The van der Waals surface area contributed by atoms with Crippen LogP contribution in [-0.2, 0) is 10.0 Å². The molecule has 2 aromatic rings. The van der Waals surface area contributed by atoms with Crippen molar-refractivity contribution in [3.05, 3.63) is 62.6 Å². The summed E-state index contributed by atoms with van der Waals surface area (Å²) in [6.45, 7) is 3.98. The van der Waals surface area contributed by atoms with Gasteiger partial charge in [0.05, 0.1) is 16.0 Å². The van der Waals surface area contributed by atoms with Gasteiger partial charge in [-0.2, -0.15) is 9.41 Å². The van der Waals surface area contributed by atoms with Crippen LogP contribution in [0.15, 0.2) is 56.9 Å². The maximum absolute atomic E-state index is 12.6. The Hall–Kier alpha value is -2.30. The summed E-state index contributed by atoms with van der Waals surface area (Å²) in [5, 5.41) is 15.4. The van der Waals surface area contributed by atoms with Gasteiger partial charge in [-0.25, -0.2) is 8.42 Å². The van der Waals surface area contributed by atoms with Gasteiger partial charge in [-0.1, -0.05) is 48.0 Å². The molecule has 0 unspecified atom stereocenters. The highest BCUT2D eigenvalue weighted by molar-refractivity contribution is 9.10. The summed E-state index contributed by atoms with van der Waals surface area (Å²) in [5.41, 5.74) is 3.12. The van der Waals surface area contributed by atoms with Crippen LogP contribution in [0.1, 0.15) is 19.4 Å². The quantitative estimate of drug-likeness (QED) is 0.370. The van der Waals surface area contributed by atoms with E-state index in [-0.39, 0.29) is 29.4 Å². The average molecular weight is 455 g/mol. The SMILES string of the molecule is CCN(CC)S(=O)(=O)c1ccc(N/N=C\c2ccccc2Br)c([N+](=O)[O-])c1. The first kappa shape index (κ1) is 21.0. The molecular weight excluding hydrogens is 436 g/mol. The predicted octanol–water partition coefficient (Wildman–Crippen LogP) is 3.83. The minimum atomic E-state index is -3.79. The highest BCUT2D eigenvalue weighted by Crippen LogP contribution is 2.29. The second-order valence-electron chi connectivity index (χ2n) is 5.42. The molecule has 2 aromatic carbocycles. The van der Waals surface area contributed by atoms with Gasteiger partial charge in [0, 0.05) is 29.2 Å². The van der Waals surface area contributed by atoms with Crippen molar-refractivity contribution in [2.45, 2.75) is 18.7 Å². The van der Waals surface area contributed by atoms with E-state index in [1.165, 1.54) is 22.7 Å². The van der Waals surface area contributed by atoms with E-state index >= 15 is 0 Å². The Morgan fingerprint density at radius 3 is 2.48 bits per heavy atom. The number of nitrogens with one attached hydrogen (secondary N) is 1. The van der Waals surface area contributed by atoms with Gasteiger partial charge < -0.3 is 0 Å². The maximum Gasteiger partial charge on any atom is 0.295 e. The van der Waals surface area contributed by atoms with Crippen molar-refractivity contribution in [3.63, 3.8) is 0 Å². The Kier molecular flexibility index (Phi) is 7.05. The van der Waals surface area contributed by atoms with E-state index in [1.54, 1.807) is 13.8 Å². The summed E-state index contributed by atoms with van der Waals surface area (Å²) < 4.78 is 27.2. The summed E-state index contributed by atoms with van der Waals surface area (Å²) in [4.78, 5) is 10.6. The molecular formula is C17H19BrN4O4S. The third kappa shape index (κ3) is 4.90. The van der Waals surface area contributed by atoms with Crippen LogP contribution in [0.25, 0.3) is 0 Å². The molecule has 0 saturated carbocycles. The third-order valence-electron chi connectivity index (χ3n) is 3.80. The number of benzene rings is 2. The van der Waals surface area contributed by atoms with Crippen LogP contribution in [0.5, 0.6) is 0 Å². The number of hydrogen-bond acceptors (Lipinski definition) is 6. The van der Waals surface area contributed by atoms with E-state index in [4.69, 9.17) is 0 Å². The summed E-state index contributed by atoms with van der Waals surface area (Å²) in [7, 11) is -3.79. The van der Waals surface area contributed by atoms with Crippen molar-refractivity contribution in [1.29, 1.82) is 0 Å². The molecule has 0 aliphatic heterocycles. The molecule has 10 heteroatoms. The van der Waals surface area contributed by atoms with Gasteiger partial charge in [0.1, 0.15) is 5.69 Å². The number of hydrazone groups is 1. The zero-order valence-corrected chi connectivity index (χ0v) is 17.2. The average Bonchev–Trinajstić information content (AvgIpc) is 2.64. The second-order valence-corrected chi connectivity index (χ2v) is 8.21. The summed E-state index contributed by atoms with van der Waals surface area (Å²) in [5.74, 6) is 0. The van der Waals surface area contributed by atoms with E-state index in [9.17, 15) is 18.5 Å². The monoisotopic (exact) mass is 454 g/mol. The van der Waals surface area contributed by atoms with Gasteiger partial charge in [0.2, 0.25) is 10.0 Å².